The molecule has 1 amide bonds. The molecule has 0 bridgehead atoms. The summed E-state index contributed by atoms with van der Waals surface area (Å²) in [6.07, 6.45) is 3.03. The SMILES string of the molecule is N#Cc1ccc(Cn2cc(C(N)=O)cn2)cc1. The molecule has 0 saturated heterocycles. The van der Waals surface area contributed by atoms with Gasteiger partial charge in [-0.3, -0.25) is 9.48 Å². The van der Waals surface area contributed by atoms with Crippen LogP contribution in [-0.4, -0.2) is 15.7 Å². The van der Waals surface area contributed by atoms with E-state index in [0.29, 0.717) is 17.7 Å². The van der Waals surface area contributed by atoms with Crippen molar-refractivity contribution in [1.29, 1.82) is 5.26 Å². The van der Waals surface area contributed by atoms with E-state index in [1.807, 2.05) is 12.1 Å². The molecule has 5 nitrogen and oxygen atoms in total. The van der Waals surface area contributed by atoms with E-state index in [9.17, 15) is 4.79 Å². The van der Waals surface area contributed by atoms with Crippen LogP contribution in [0.4, 0.5) is 0 Å². The highest BCUT2D eigenvalue weighted by molar-refractivity contribution is 5.92. The van der Waals surface area contributed by atoms with E-state index < -0.39 is 5.91 Å². The van der Waals surface area contributed by atoms with Gasteiger partial charge in [0, 0.05) is 6.20 Å². The predicted molar refractivity (Wildman–Crippen MR) is 61.0 cm³/mol. The minimum Gasteiger partial charge on any atom is -0.366 e. The Morgan fingerprint density at radius 1 is 1.41 bits per heavy atom. The molecule has 0 saturated carbocycles. The van der Waals surface area contributed by atoms with Crippen molar-refractivity contribution < 1.29 is 4.79 Å². The monoisotopic (exact) mass is 226 g/mol. The summed E-state index contributed by atoms with van der Waals surface area (Å²) in [5.41, 5.74) is 7.14. The third kappa shape index (κ3) is 2.49. The number of nitrogens with two attached hydrogens (primary N) is 1. The fourth-order valence-electron chi connectivity index (χ4n) is 1.45. The summed E-state index contributed by atoms with van der Waals surface area (Å²) < 4.78 is 1.63. The zero-order valence-electron chi connectivity index (χ0n) is 9.00. The van der Waals surface area contributed by atoms with Crippen LogP contribution in [0, 0.1) is 11.3 Å². The molecule has 5 heteroatoms. The van der Waals surface area contributed by atoms with Gasteiger partial charge in [-0.25, -0.2) is 0 Å². The Balaban J connectivity index is 2.14. The smallest absolute Gasteiger partial charge is 0.251 e. The topological polar surface area (TPSA) is 84.7 Å². The van der Waals surface area contributed by atoms with Crippen LogP contribution in [0.5, 0.6) is 0 Å². The molecule has 0 aliphatic heterocycles. The van der Waals surface area contributed by atoms with Crippen LogP contribution in [0.25, 0.3) is 0 Å². The minimum absolute atomic E-state index is 0.388. The van der Waals surface area contributed by atoms with E-state index >= 15 is 0 Å². The molecule has 0 atom stereocenters. The fraction of sp³-hybridized carbons (Fsp3) is 0.0833. The van der Waals surface area contributed by atoms with Gasteiger partial charge in [0.05, 0.1) is 29.9 Å². The summed E-state index contributed by atoms with van der Waals surface area (Å²) in [7, 11) is 0. The van der Waals surface area contributed by atoms with Crippen LogP contribution in [0.3, 0.4) is 0 Å². The minimum atomic E-state index is -0.490. The lowest BCUT2D eigenvalue weighted by Gasteiger charge is -2.01. The highest BCUT2D eigenvalue weighted by Gasteiger charge is 2.04. The van der Waals surface area contributed by atoms with E-state index in [-0.39, 0.29) is 0 Å². The van der Waals surface area contributed by atoms with Gasteiger partial charge in [-0.1, -0.05) is 12.1 Å². The van der Waals surface area contributed by atoms with Crippen LogP contribution in [0.15, 0.2) is 36.7 Å². The van der Waals surface area contributed by atoms with E-state index in [0.717, 1.165) is 5.56 Å². The van der Waals surface area contributed by atoms with Gasteiger partial charge in [-0.05, 0) is 17.7 Å². The van der Waals surface area contributed by atoms with Crippen molar-refractivity contribution in [1.82, 2.24) is 9.78 Å². The number of amides is 1. The lowest BCUT2D eigenvalue weighted by molar-refractivity contribution is 0.1000. The first-order valence-electron chi connectivity index (χ1n) is 5.00. The van der Waals surface area contributed by atoms with Gasteiger partial charge in [-0.2, -0.15) is 10.4 Å². The molecule has 0 radical (unpaired) electrons. The molecule has 0 unspecified atom stereocenters. The Hall–Kier alpha value is -2.61. The highest BCUT2D eigenvalue weighted by Crippen LogP contribution is 2.06. The van der Waals surface area contributed by atoms with Crippen LogP contribution < -0.4 is 5.73 Å². The average Bonchev–Trinajstić information content (AvgIpc) is 2.79. The number of rotatable bonds is 3. The Morgan fingerprint density at radius 2 is 2.12 bits per heavy atom. The van der Waals surface area contributed by atoms with Crippen LogP contribution >= 0.6 is 0 Å². The zero-order valence-corrected chi connectivity index (χ0v) is 9.00. The standard InChI is InChI=1S/C12H10N4O/c13-5-9-1-3-10(4-2-9)7-16-8-11(6-15-16)12(14)17/h1-4,6,8H,7H2,(H2,14,17). The number of nitrogens with zero attached hydrogens (tertiary/aromatic N) is 3. The third-order valence-corrected chi connectivity index (χ3v) is 2.35. The maximum Gasteiger partial charge on any atom is 0.251 e. The van der Waals surface area contributed by atoms with Gasteiger partial charge in [0.1, 0.15) is 0 Å². The number of hydrogen-bond donors (Lipinski definition) is 1. The Bertz CT molecular complexity index is 577. The van der Waals surface area contributed by atoms with Crippen molar-refractivity contribution in [2.45, 2.75) is 6.54 Å². The first-order valence-corrected chi connectivity index (χ1v) is 5.00. The van der Waals surface area contributed by atoms with Gasteiger partial charge in [0.2, 0.25) is 0 Å². The van der Waals surface area contributed by atoms with Crippen molar-refractivity contribution in [2.75, 3.05) is 0 Å². The van der Waals surface area contributed by atoms with E-state index in [1.165, 1.54) is 6.20 Å². The summed E-state index contributed by atoms with van der Waals surface area (Å²) in [5.74, 6) is -0.490. The van der Waals surface area contributed by atoms with Crippen molar-refractivity contribution in [3.05, 3.63) is 53.3 Å². The molecule has 17 heavy (non-hydrogen) atoms. The molecule has 0 fully saturated rings. The largest absolute Gasteiger partial charge is 0.366 e. The van der Waals surface area contributed by atoms with Crippen molar-refractivity contribution in [3.8, 4) is 6.07 Å². The Morgan fingerprint density at radius 3 is 2.65 bits per heavy atom. The first-order chi connectivity index (χ1) is 8.19. The molecule has 2 rings (SSSR count). The van der Waals surface area contributed by atoms with Gasteiger partial charge < -0.3 is 5.73 Å². The Kier molecular flexibility index (Phi) is 2.88. The highest BCUT2D eigenvalue weighted by atomic mass is 16.1. The molecule has 84 valence electrons. The van der Waals surface area contributed by atoms with Gasteiger partial charge in [0.15, 0.2) is 0 Å². The van der Waals surface area contributed by atoms with E-state index in [4.69, 9.17) is 11.0 Å². The number of nitriles is 1. The summed E-state index contributed by atoms with van der Waals surface area (Å²) in [5, 5.41) is 12.7. The number of carbonyl (C=O) groups is 1. The fourth-order valence-corrected chi connectivity index (χ4v) is 1.45. The van der Waals surface area contributed by atoms with E-state index in [1.54, 1.807) is 23.0 Å². The lowest BCUT2D eigenvalue weighted by Crippen LogP contribution is -2.09. The lowest BCUT2D eigenvalue weighted by atomic mass is 10.1. The van der Waals surface area contributed by atoms with Crippen LogP contribution in [0.1, 0.15) is 21.5 Å². The van der Waals surface area contributed by atoms with Crippen molar-refractivity contribution >= 4 is 5.91 Å². The second-order valence-corrected chi connectivity index (χ2v) is 3.60. The quantitative estimate of drug-likeness (QED) is 0.843. The average molecular weight is 226 g/mol. The second-order valence-electron chi connectivity index (χ2n) is 3.60. The third-order valence-electron chi connectivity index (χ3n) is 2.35. The van der Waals surface area contributed by atoms with Gasteiger partial charge in [0.25, 0.3) is 5.91 Å². The number of aromatic nitrogens is 2. The molecule has 2 aromatic rings. The van der Waals surface area contributed by atoms with Crippen molar-refractivity contribution in [3.63, 3.8) is 0 Å². The normalized spacial score (nSPS) is 9.82. The molecule has 1 aromatic carbocycles. The van der Waals surface area contributed by atoms with Gasteiger partial charge in [-0.15, -0.1) is 0 Å². The second kappa shape index (κ2) is 4.49. The molecular formula is C12H10N4O. The molecule has 0 aliphatic carbocycles. The summed E-state index contributed by atoms with van der Waals surface area (Å²) in [4.78, 5) is 10.9. The van der Waals surface area contributed by atoms with Gasteiger partial charge >= 0.3 is 0 Å². The zero-order chi connectivity index (χ0) is 12.3. The number of benzene rings is 1. The number of hydrogen-bond acceptors (Lipinski definition) is 3. The predicted octanol–water partition coefficient (Wildman–Crippen LogP) is 0.902. The molecule has 2 N–H and O–H groups in total. The summed E-state index contributed by atoms with van der Waals surface area (Å²) in [6, 6.07) is 9.24. The van der Waals surface area contributed by atoms with E-state index in [2.05, 4.69) is 11.2 Å². The maximum absolute atomic E-state index is 10.9. The molecule has 1 heterocycles. The first kappa shape index (κ1) is 10.9. The van der Waals surface area contributed by atoms with Crippen molar-refractivity contribution in [2.24, 2.45) is 5.73 Å². The maximum atomic E-state index is 10.9. The number of carbonyl (C=O) groups excluding carboxylic acids is 1. The summed E-state index contributed by atoms with van der Waals surface area (Å²) in [6.45, 7) is 0.541. The summed E-state index contributed by atoms with van der Waals surface area (Å²) >= 11 is 0. The van der Waals surface area contributed by atoms with Crippen LogP contribution in [-0.2, 0) is 6.54 Å². The molecular weight excluding hydrogens is 216 g/mol. The Labute approximate surface area is 98.1 Å². The molecule has 0 aliphatic rings. The number of primary amides is 1. The molecule has 0 spiro atoms. The van der Waals surface area contributed by atoms with Crippen LogP contribution in [0.2, 0.25) is 0 Å². The molecule has 1 aromatic heterocycles.